The maximum absolute atomic E-state index is 11.6. The highest BCUT2D eigenvalue weighted by Crippen LogP contribution is 2.13. The summed E-state index contributed by atoms with van der Waals surface area (Å²) in [6, 6.07) is 3.15. The second-order valence-electron chi connectivity index (χ2n) is 3.28. The van der Waals surface area contributed by atoms with Crippen LogP contribution in [0.4, 0.5) is 5.69 Å². The Balaban J connectivity index is 2.80. The lowest BCUT2D eigenvalue weighted by atomic mass is 10.4. The monoisotopic (exact) mass is 245 g/mol. The summed E-state index contributed by atoms with van der Waals surface area (Å²) in [6.45, 7) is 1.61. The molecule has 0 aliphatic rings. The number of nitrogens with two attached hydrogens (primary N) is 1. The molecule has 0 aliphatic carbocycles. The normalized spacial score (nSPS) is 13.2. The van der Waals surface area contributed by atoms with Gasteiger partial charge in [-0.3, -0.25) is 4.72 Å². The largest absolute Gasteiger partial charge is 0.481 e. The van der Waals surface area contributed by atoms with E-state index in [1.165, 1.54) is 13.3 Å². The SMILES string of the molecule is COc1ccc(NS(=O)(=O)C(C)CN)cn1. The van der Waals surface area contributed by atoms with E-state index in [-0.39, 0.29) is 6.54 Å². The molecule has 0 saturated heterocycles. The Morgan fingerprint density at radius 2 is 2.25 bits per heavy atom. The molecule has 1 aromatic heterocycles. The molecule has 6 nitrogen and oxygen atoms in total. The number of ether oxygens (including phenoxy) is 1. The van der Waals surface area contributed by atoms with Crippen LogP contribution < -0.4 is 15.2 Å². The summed E-state index contributed by atoms with van der Waals surface area (Å²) in [5, 5.41) is -0.644. The lowest BCUT2D eigenvalue weighted by Crippen LogP contribution is -2.31. The average Bonchev–Trinajstić information content (AvgIpc) is 2.28. The van der Waals surface area contributed by atoms with Crippen LogP contribution in [0.1, 0.15) is 6.92 Å². The van der Waals surface area contributed by atoms with E-state index in [4.69, 9.17) is 10.5 Å². The summed E-state index contributed by atoms with van der Waals surface area (Å²) in [7, 11) is -1.95. The third-order valence-electron chi connectivity index (χ3n) is 2.07. The molecule has 0 fully saturated rings. The summed E-state index contributed by atoms with van der Waals surface area (Å²) in [5.74, 6) is 0.426. The van der Waals surface area contributed by atoms with Crippen molar-refractivity contribution in [1.82, 2.24) is 4.98 Å². The Hall–Kier alpha value is -1.34. The number of anilines is 1. The molecule has 1 rings (SSSR count). The minimum atomic E-state index is -3.44. The molecule has 1 heterocycles. The zero-order valence-corrected chi connectivity index (χ0v) is 9.99. The molecule has 1 atom stereocenters. The number of nitrogens with one attached hydrogen (secondary N) is 1. The first kappa shape index (κ1) is 12.7. The molecule has 0 aromatic carbocycles. The Bertz CT molecular complexity index is 430. The Morgan fingerprint density at radius 3 is 2.69 bits per heavy atom. The molecule has 0 saturated carbocycles. The van der Waals surface area contributed by atoms with Crippen molar-refractivity contribution in [2.24, 2.45) is 5.73 Å². The number of sulfonamides is 1. The van der Waals surface area contributed by atoms with E-state index in [0.717, 1.165) is 0 Å². The maximum atomic E-state index is 11.6. The molecule has 1 aromatic rings. The van der Waals surface area contributed by atoms with Gasteiger partial charge in [0.05, 0.1) is 24.2 Å². The predicted molar refractivity (Wildman–Crippen MR) is 61.8 cm³/mol. The first-order valence-electron chi connectivity index (χ1n) is 4.71. The molecule has 0 amide bonds. The van der Waals surface area contributed by atoms with Crippen LogP contribution in [0.25, 0.3) is 0 Å². The maximum Gasteiger partial charge on any atom is 0.236 e. The van der Waals surface area contributed by atoms with Gasteiger partial charge in [-0.15, -0.1) is 0 Å². The molecule has 7 heteroatoms. The Kier molecular flexibility index (Phi) is 4.08. The van der Waals surface area contributed by atoms with E-state index in [1.54, 1.807) is 19.1 Å². The minimum absolute atomic E-state index is 0.0684. The number of rotatable bonds is 5. The van der Waals surface area contributed by atoms with Gasteiger partial charge in [-0.2, -0.15) is 0 Å². The predicted octanol–water partition coefficient (Wildman–Crippen LogP) is 0.179. The summed E-state index contributed by atoms with van der Waals surface area (Å²) in [6.07, 6.45) is 1.39. The second-order valence-corrected chi connectivity index (χ2v) is 5.38. The van der Waals surface area contributed by atoms with Gasteiger partial charge in [-0.25, -0.2) is 13.4 Å². The number of nitrogens with zero attached hydrogens (tertiary/aromatic N) is 1. The van der Waals surface area contributed by atoms with Gasteiger partial charge in [0.15, 0.2) is 0 Å². The quantitative estimate of drug-likeness (QED) is 0.771. The lowest BCUT2D eigenvalue weighted by Gasteiger charge is -2.12. The smallest absolute Gasteiger partial charge is 0.236 e. The van der Waals surface area contributed by atoms with Crippen LogP contribution in [-0.4, -0.2) is 32.3 Å². The van der Waals surface area contributed by atoms with Crippen molar-refractivity contribution in [2.45, 2.75) is 12.2 Å². The summed E-state index contributed by atoms with van der Waals surface area (Å²) >= 11 is 0. The molecule has 1 unspecified atom stereocenters. The molecular weight excluding hydrogens is 230 g/mol. The van der Waals surface area contributed by atoms with Crippen LogP contribution in [0.15, 0.2) is 18.3 Å². The number of hydrogen-bond donors (Lipinski definition) is 2. The van der Waals surface area contributed by atoms with Crippen LogP contribution >= 0.6 is 0 Å². The van der Waals surface area contributed by atoms with Gasteiger partial charge in [0.2, 0.25) is 15.9 Å². The van der Waals surface area contributed by atoms with Crippen LogP contribution in [0, 0.1) is 0 Å². The van der Waals surface area contributed by atoms with E-state index in [0.29, 0.717) is 11.6 Å². The van der Waals surface area contributed by atoms with Crippen molar-refractivity contribution in [3.8, 4) is 5.88 Å². The molecular formula is C9H15N3O3S. The van der Waals surface area contributed by atoms with Crippen molar-refractivity contribution < 1.29 is 13.2 Å². The van der Waals surface area contributed by atoms with Crippen molar-refractivity contribution in [3.63, 3.8) is 0 Å². The topological polar surface area (TPSA) is 94.3 Å². The molecule has 3 N–H and O–H groups in total. The molecule has 90 valence electrons. The van der Waals surface area contributed by atoms with Gasteiger partial charge in [0.1, 0.15) is 0 Å². The van der Waals surface area contributed by atoms with Crippen molar-refractivity contribution in [2.75, 3.05) is 18.4 Å². The highest BCUT2D eigenvalue weighted by Gasteiger charge is 2.18. The first-order chi connectivity index (χ1) is 7.49. The molecule has 0 aliphatic heterocycles. The molecule has 0 spiro atoms. The van der Waals surface area contributed by atoms with Gasteiger partial charge >= 0.3 is 0 Å². The fraction of sp³-hybridized carbons (Fsp3) is 0.444. The van der Waals surface area contributed by atoms with Crippen molar-refractivity contribution >= 4 is 15.7 Å². The minimum Gasteiger partial charge on any atom is -0.481 e. The van der Waals surface area contributed by atoms with E-state index in [1.807, 2.05) is 0 Å². The number of aromatic nitrogens is 1. The Morgan fingerprint density at radius 1 is 1.56 bits per heavy atom. The average molecular weight is 245 g/mol. The number of methoxy groups -OCH3 is 1. The van der Waals surface area contributed by atoms with Crippen LogP contribution in [0.3, 0.4) is 0 Å². The van der Waals surface area contributed by atoms with E-state index in [2.05, 4.69) is 9.71 Å². The van der Waals surface area contributed by atoms with Gasteiger partial charge in [0.25, 0.3) is 0 Å². The number of hydrogen-bond acceptors (Lipinski definition) is 5. The molecule has 16 heavy (non-hydrogen) atoms. The second kappa shape index (κ2) is 5.13. The van der Waals surface area contributed by atoms with Crippen molar-refractivity contribution in [1.29, 1.82) is 0 Å². The highest BCUT2D eigenvalue weighted by atomic mass is 32.2. The number of pyridine rings is 1. The van der Waals surface area contributed by atoms with E-state index in [9.17, 15) is 8.42 Å². The van der Waals surface area contributed by atoms with Gasteiger partial charge in [0, 0.05) is 12.6 Å². The van der Waals surface area contributed by atoms with Crippen LogP contribution in [0.2, 0.25) is 0 Å². The zero-order chi connectivity index (χ0) is 12.2. The highest BCUT2D eigenvalue weighted by molar-refractivity contribution is 7.93. The standard InChI is InChI=1S/C9H15N3O3S/c1-7(5-10)16(13,14)12-8-3-4-9(15-2)11-6-8/h3-4,6-7,12H,5,10H2,1-2H3. The Labute approximate surface area is 94.9 Å². The van der Waals surface area contributed by atoms with Crippen molar-refractivity contribution in [3.05, 3.63) is 18.3 Å². The summed E-state index contributed by atoms with van der Waals surface area (Å²) < 4.78 is 30.5. The van der Waals surface area contributed by atoms with Gasteiger partial charge in [-0.05, 0) is 13.0 Å². The third kappa shape index (κ3) is 3.07. The van der Waals surface area contributed by atoms with E-state index < -0.39 is 15.3 Å². The summed E-state index contributed by atoms with van der Waals surface area (Å²) in [4.78, 5) is 3.89. The first-order valence-corrected chi connectivity index (χ1v) is 6.26. The van der Waals surface area contributed by atoms with E-state index >= 15 is 0 Å². The zero-order valence-electron chi connectivity index (χ0n) is 9.17. The lowest BCUT2D eigenvalue weighted by molar-refractivity contribution is 0.398. The fourth-order valence-electron chi connectivity index (χ4n) is 0.953. The molecule has 0 radical (unpaired) electrons. The van der Waals surface area contributed by atoms with Crippen LogP contribution in [0.5, 0.6) is 5.88 Å². The fourth-order valence-corrected chi connectivity index (χ4v) is 1.86. The third-order valence-corrected chi connectivity index (χ3v) is 3.84. The summed E-state index contributed by atoms with van der Waals surface area (Å²) in [5.41, 5.74) is 5.69. The van der Waals surface area contributed by atoms with Gasteiger partial charge in [-0.1, -0.05) is 0 Å². The van der Waals surface area contributed by atoms with Crippen LogP contribution in [-0.2, 0) is 10.0 Å². The van der Waals surface area contributed by atoms with Gasteiger partial charge < -0.3 is 10.5 Å². The molecule has 0 bridgehead atoms.